The van der Waals surface area contributed by atoms with Crippen LogP contribution in [0.3, 0.4) is 0 Å². The largest absolute Gasteiger partial charge is 0.463 e. The number of furan rings is 1. The molecule has 0 saturated heterocycles. The first-order valence-corrected chi connectivity index (χ1v) is 10.7. The van der Waals surface area contributed by atoms with Crippen LogP contribution in [-0.2, 0) is 0 Å². The summed E-state index contributed by atoms with van der Waals surface area (Å²) in [6.45, 7) is 3.79. The van der Waals surface area contributed by atoms with Gasteiger partial charge in [0.2, 0.25) is 0 Å². The maximum absolute atomic E-state index is 13.1. The third-order valence-electron chi connectivity index (χ3n) is 5.62. The van der Waals surface area contributed by atoms with Crippen molar-refractivity contribution in [2.24, 2.45) is 0 Å². The maximum Gasteiger partial charge on any atom is 0.273 e. The third kappa shape index (κ3) is 3.81. The molecule has 0 fully saturated rings. The molecule has 0 unspecified atom stereocenters. The second-order valence-electron chi connectivity index (χ2n) is 7.80. The molecule has 5 rings (SSSR count). The molecule has 0 aliphatic heterocycles. The normalized spacial score (nSPS) is 10.9. The summed E-state index contributed by atoms with van der Waals surface area (Å²) in [6.07, 6.45) is 3.03. The fourth-order valence-corrected chi connectivity index (χ4v) is 3.84. The van der Waals surface area contributed by atoms with Crippen LogP contribution in [0.2, 0.25) is 0 Å². The van der Waals surface area contributed by atoms with Gasteiger partial charge in [0.05, 0.1) is 40.5 Å². The van der Waals surface area contributed by atoms with E-state index in [9.17, 15) is 9.59 Å². The van der Waals surface area contributed by atoms with Crippen molar-refractivity contribution in [1.82, 2.24) is 25.6 Å². The summed E-state index contributed by atoms with van der Waals surface area (Å²) in [7, 11) is 0. The number of aryl methyl sites for hydroxylation is 1. The molecule has 0 bridgehead atoms. The lowest BCUT2D eigenvalue weighted by atomic mass is 10.1. The Kier molecular flexibility index (Phi) is 5.39. The second-order valence-corrected chi connectivity index (χ2v) is 7.80. The topological polar surface area (TPSA) is 102 Å². The number of carbonyl (C=O) groups excluding carboxylic acids is 2. The molecule has 168 valence electrons. The van der Waals surface area contributed by atoms with Crippen LogP contribution in [-0.4, -0.2) is 26.6 Å². The summed E-state index contributed by atoms with van der Waals surface area (Å²) < 4.78 is 7.15. The zero-order valence-corrected chi connectivity index (χ0v) is 18.6. The molecule has 0 aliphatic rings. The van der Waals surface area contributed by atoms with E-state index in [1.807, 2.05) is 56.3 Å². The van der Waals surface area contributed by atoms with E-state index in [0.717, 1.165) is 11.3 Å². The van der Waals surface area contributed by atoms with Gasteiger partial charge in [-0.1, -0.05) is 36.4 Å². The van der Waals surface area contributed by atoms with Gasteiger partial charge in [-0.15, -0.1) is 0 Å². The summed E-state index contributed by atoms with van der Waals surface area (Å²) in [5.74, 6) is -0.387. The predicted molar refractivity (Wildman–Crippen MR) is 127 cm³/mol. The van der Waals surface area contributed by atoms with Crippen LogP contribution in [0, 0.1) is 13.8 Å². The Morgan fingerprint density at radius 2 is 1.62 bits per heavy atom. The number of amides is 2. The summed E-state index contributed by atoms with van der Waals surface area (Å²) >= 11 is 0. The monoisotopic (exact) mass is 451 g/mol. The fraction of sp³-hybridized carbons (Fsp3) is 0.0769. The first-order valence-electron chi connectivity index (χ1n) is 10.7. The van der Waals surface area contributed by atoms with E-state index in [2.05, 4.69) is 20.9 Å². The molecule has 0 radical (unpaired) electrons. The van der Waals surface area contributed by atoms with Crippen LogP contribution in [0.15, 0.2) is 83.6 Å². The van der Waals surface area contributed by atoms with Crippen LogP contribution < -0.4 is 10.9 Å². The number of aromatic nitrogens is 3. The first kappa shape index (κ1) is 21.1. The van der Waals surface area contributed by atoms with Gasteiger partial charge < -0.3 is 4.42 Å². The van der Waals surface area contributed by atoms with Crippen LogP contribution in [0.25, 0.3) is 28.0 Å². The number of hydrogen-bond donors (Lipinski definition) is 2. The van der Waals surface area contributed by atoms with Gasteiger partial charge in [-0.05, 0) is 49.7 Å². The van der Waals surface area contributed by atoms with Gasteiger partial charge in [-0.2, -0.15) is 5.10 Å². The molecular formula is C26H21N5O3. The van der Waals surface area contributed by atoms with Crippen molar-refractivity contribution in [3.05, 3.63) is 102 Å². The number of rotatable bonds is 4. The predicted octanol–water partition coefficient (Wildman–Crippen LogP) is 4.37. The minimum absolute atomic E-state index is 0.361. The van der Waals surface area contributed by atoms with Crippen molar-refractivity contribution < 1.29 is 14.0 Å². The van der Waals surface area contributed by atoms with E-state index in [4.69, 9.17) is 4.42 Å². The lowest BCUT2D eigenvalue weighted by Crippen LogP contribution is -2.41. The highest BCUT2D eigenvalue weighted by Crippen LogP contribution is 2.25. The van der Waals surface area contributed by atoms with Crippen molar-refractivity contribution in [2.45, 2.75) is 13.8 Å². The molecule has 8 nitrogen and oxygen atoms in total. The van der Waals surface area contributed by atoms with Crippen molar-refractivity contribution in [3.63, 3.8) is 0 Å². The van der Waals surface area contributed by atoms with Gasteiger partial charge in [0, 0.05) is 5.39 Å². The molecule has 8 heteroatoms. The molecule has 0 atom stereocenters. The van der Waals surface area contributed by atoms with Crippen molar-refractivity contribution in [2.75, 3.05) is 0 Å². The molecule has 0 aliphatic carbocycles. The van der Waals surface area contributed by atoms with Crippen molar-refractivity contribution >= 4 is 22.7 Å². The quantitative estimate of drug-likeness (QED) is 0.395. The molecular weight excluding hydrogens is 430 g/mol. The fourth-order valence-electron chi connectivity index (χ4n) is 3.84. The van der Waals surface area contributed by atoms with Crippen LogP contribution in [0.1, 0.15) is 32.0 Å². The van der Waals surface area contributed by atoms with Gasteiger partial charge in [-0.25, -0.2) is 9.67 Å². The number of nitrogens with zero attached hydrogens (tertiary/aromatic N) is 3. The molecule has 0 spiro atoms. The Balaban J connectivity index is 1.39. The Morgan fingerprint density at radius 1 is 0.882 bits per heavy atom. The number of benzene rings is 2. The number of carbonyl (C=O) groups is 2. The van der Waals surface area contributed by atoms with E-state index < -0.39 is 11.8 Å². The number of para-hydroxylation sites is 2. The van der Waals surface area contributed by atoms with E-state index in [0.29, 0.717) is 39.2 Å². The highest BCUT2D eigenvalue weighted by atomic mass is 16.3. The lowest BCUT2D eigenvalue weighted by molar-refractivity contribution is 0.0847. The minimum Gasteiger partial charge on any atom is -0.463 e. The van der Waals surface area contributed by atoms with Gasteiger partial charge in [0.25, 0.3) is 11.8 Å². The molecule has 2 aromatic carbocycles. The van der Waals surface area contributed by atoms with Gasteiger partial charge in [0.1, 0.15) is 5.69 Å². The Morgan fingerprint density at radius 3 is 2.38 bits per heavy atom. The second kappa shape index (κ2) is 8.67. The highest BCUT2D eigenvalue weighted by Gasteiger charge is 2.19. The van der Waals surface area contributed by atoms with E-state index in [1.54, 1.807) is 35.2 Å². The molecule has 2 amide bonds. The third-order valence-corrected chi connectivity index (χ3v) is 5.62. The molecule has 2 N–H and O–H groups in total. The van der Waals surface area contributed by atoms with Crippen LogP contribution >= 0.6 is 0 Å². The summed E-state index contributed by atoms with van der Waals surface area (Å²) in [4.78, 5) is 30.5. The molecule has 5 aromatic rings. The van der Waals surface area contributed by atoms with Crippen molar-refractivity contribution in [1.29, 1.82) is 0 Å². The summed E-state index contributed by atoms with van der Waals surface area (Å²) in [6, 6.07) is 20.2. The SMILES string of the molecule is Cc1ccccc1-n1ncc(C(=O)NNC(=O)c2cc(-c3ccco3)nc3ccccc23)c1C. The average Bonchev–Trinajstić information content (AvgIpc) is 3.52. The Labute approximate surface area is 195 Å². The number of fused-ring (bicyclic) bond motifs is 1. The zero-order chi connectivity index (χ0) is 23.7. The lowest BCUT2D eigenvalue weighted by Gasteiger charge is -2.11. The smallest absolute Gasteiger partial charge is 0.273 e. The Hall–Kier alpha value is -4.72. The van der Waals surface area contributed by atoms with Gasteiger partial charge in [0.15, 0.2) is 5.76 Å². The highest BCUT2D eigenvalue weighted by molar-refractivity contribution is 6.08. The summed E-state index contributed by atoms with van der Waals surface area (Å²) in [5, 5.41) is 5.02. The number of nitrogens with one attached hydrogen (secondary N) is 2. The summed E-state index contributed by atoms with van der Waals surface area (Å²) in [5.41, 5.74) is 9.49. The number of pyridine rings is 1. The number of hydrogen-bond acceptors (Lipinski definition) is 5. The van der Waals surface area contributed by atoms with Gasteiger partial charge >= 0.3 is 0 Å². The maximum atomic E-state index is 13.1. The molecule has 3 aromatic heterocycles. The molecule has 0 saturated carbocycles. The molecule has 34 heavy (non-hydrogen) atoms. The van der Waals surface area contributed by atoms with E-state index >= 15 is 0 Å². The van der Waals surface area contributed by atoms with Crippen LogP contribution in [0.4, 0.5) is 0 Å². The van der Waals surface area contributed by atoms with Crippen molar-refractivity contribution in [3.8, 4) is 17.1 Å². The van der Waals surface area contributed by atoms with E-state index in [-0.39, 0.29) is 0 Å². The minimum atomic E-state index is -0.469. The van der Waals surface area contributed by atoms with E-state index in [1.165, 1.54) is 6.20 Å². The zero-order valence-electron chi connectivity index (χ0n) is 18.6. The molecule has 3 heterocycles. The van der Waals surface area contributed by atoms with Crippen LogP contribution in [0.5, 0.6) is 0 Å². The number of hydrazine groups is 1. The Bertz CT molecular complexity index is 1520. The van der Waals surface area contributed by atoms with Gasteiger partial charge in [-0.3, -0.25) is 20.4 Å². The average molecular weight is 451 g/mol. The first-order chi connectivity index (χ1) is 16.5. The standard InChI is InChI=1S/C26H21N5O3/c1-16-8-3-6-11-23(16)31-17(2)20(15-27-31)26(33)30-29-25(32)19-14-22(24-12-7-13-34-24)28-21-10-5-4-9-18(19)21/h3-15H,1-2H3,(H,29,32)(H,30,33).